The van der Waals surface area contributed by atoms with E-state index in [0.717, 1.165) is 0 Å². The summed E-state index contributed by atoms with van der Waals surface area (Å²) in [5.74, 6) is 0. The standard InChI is InChI=1S/2Cu.2FH.H2O4S/c;;;;1-5(2,3)4/h;;2*1H;(H2,1,2,3,4)/q;+2;;;/p-2. The van der Waals surface area contributed by atoms with Crippen LogP contribution in [0.25, 0.3) is 0 Å². The zero-order chi connectivity index (χ0) is 7.21. The van der Waals surface area contributed by atoms with E-state index in [-0.39, 0.29) is 17.1 Å². The van der Waals surface area contributed by atoms with E-state index in [1.54, 1.807) is 0 Å². The first-order valence-electron chi connectivity index (χ1n) is 0.926. The maximum atomic E-state index is 9.53. The third-order valence-corrected chi connectivity index (χ3v) is 0. The van der Waals surface area contributed by atoms with Crippen LogP contribution < -0.4 is 0 Å². The molecule has 0 fully saturated rings. The van der Waals surface area contributed by atoms with Crippen molar-refractivity contribution in [2.24, 2.45) is 0 Å². The van der Waals surface area contributed by atoms with E-state index < -0.39 is 26.3 Å². The summed E-state index contributed by atoms with van der Waals surface area (Å²) in [7, 11) is -4.67. The minimum atomic E-state index is -4.67. The fourth-order valence-electron chi connectivity index (χ4n) is 0. The van der Waals surface area contributed by atoms with Gasteiger partial charge in [0.15, 0.2) is 0 Å². The van der Waals surface area contributed by atoms with Crippen molar-refractivity contribution in [1.29, 1.82) is 0 Å². The molecule has 0 atom stereocenters. The molecule has 0 aliphatic rings. The molecule has 9 heavy (non-hydrogen) atoms. The summed E-state index contributed by atoms with van der Waals surface area (Å²) in [5, 5.41) is 0. The zero-order valence-corrected chi connectivity index (χ0v) is 6.18. The molecule has 1 radical (unpaired) electrons. The summed E-state index contributed by atoms with van der Waals surface area (Å²) in [6.45, 7) is 0. The molecule has 0 aromatic heterocycles. The molecule has 0 aliphatic carbocycles. The van der Waals surface area contributed by atoms with E-state index in [4.69, 9.17) is 17.5 Å². The molecular weight excluding hydrogens is 261 g/mol. The van der Waals surface area contributed by atoms with Gasteiger partial charge in [0.05, 0.1) is 0 Å². The van der Waals surface area contributed by atoms with Crippen LogP contribution in [0.5, 0.6) is 0 Å². The molecule has 0 heterocycles. The third-order valence-electron chi connectivity index (χ3n) is 0. The Morgan fingerprint density at radius 2 is 1.22 bits per heavy atom. The van der Waals surface area contributed by atoms with Crippen LogP contribution >= 0.6 is 0 Å². The third kappa shape index (κ3) is 679. The first-order valence-corrected chi connectivity index (χ1v) is 3.04. The summed E-state index contributed by atoms with van der Waals surface area (Å²) in [6, 6.07) is 0. The van der Waals surface area contributed by atoms with Crippen LogP contribution in [0.2, 0.25) is 0 Å². The van der Waals surface area contributed by atoms with E-state index in [9.17, 15) is 7.10 Å². The van der Waals surface area contributed by atoms with E-state index >= 15 is 0 Å². The summed E-state index contributed by atoms with van der Waals surface area (Å²) >= 11 is -1.19. The second-order valence-electron chi connectivity index (χ2n) is 0.491. The Bertz CT molecular complexity index is 111. The van der Waals surface area contributed by atoms with Gasteiger partial charge < -0.3 is 0 Å². The van der Waals surface area contributed by atoms with Gasteiger partial charge >= 0.3 is 33.4 Å². The second kappa shape index (κ2) is 8.77. The summed E-state index contributed by atoms with van der Waals surface area (Å²) in [5.41, 5.74) is 0. The Labute approximate surface area is 68.1 Å². The van der Waals surface area contributed by atoms with E-state index in [2.05, 4.69) is 0 Å². The average molecular weight is 263 g/mol. The Morgan fingerprint density at radius 1 is 1.22 bits per heavy atom. The predicted molar refractivity (Wildman–Crippen MR) is 16.4 cm³/mol. The molecule has 68 valence electrons. The average Bonchev–Trinajstić information content (AvgIpc) is 1.27. The first kappa shape index (κ1) is 16.4. The molecule has 0 aromatic carbocycles. The van der Waals surface area contributed by atoms with Crippen molar-refractivity contribution in [3.8, 4) is 0 Å². The number of hydrogen-bond acceptors (Lipinski definition) is 2. The summed E-state index contributed by atoms with van der Waals surface area (Å²) in [6.07, 6.45) is 0. The normalized spacial score (nSPS) is 8.89. The van der Waals surface area contributed by atoms with Crippen molar-refractivity contribution >= 4 is 10.4 Å². The van der Waals surface area contributed by atoms with Gasteiger partial charge in [0.2, 0.25) is 0 Å². The fraction of sp³-hybridized carbons (Fsp3) is 0. The monoisotopic (exact) mass is 262 g/mol. The Balaban J connectivity index is -0.0000000800. The van der Waals surface area contributed by atoms with Gasteiger partial charge in [-0.3, -0.25) is 9.11 Å². The molecule has 9 heteroatoms. The van der Waals surface area contributed by atoms with Crippen molar-refractivity contribution in [2.75, 3.05) is 0 Å². The molecule has 0 saturated carbocycles. The van der Waals surface area contributed by atoms with Gasteiger partial charge in [-0.2, -0.15) is 8.42 Å². The van der Waals surface area contributed by atoms with Gasteiger partial charge in [0, 0.05) is 17.1 Å². The second-order valence-corrected chi connectivity index (χ2v) is 1.52. The molecule has 0 aliphatic heterocycles. The van der Waals surface area contributed by atoms with Crippen molar-refractivity contribution in [2.45, 2.75) is 0 Å². The molecule has 0 bridgehead atoms. The molecule has 4 nitrogen and oxygen atoms in total. The topological polar surface area (TPSA) is 74.6 Å². The fourth-order valence-corrected chi connectivity index (χ4v) is 0. The maximum absolute atomic E-state index is 9.53. The van der Waals surface area contributed by atoms with Crippen LogP contribution in [0.4, 0.5) is 7.10 Å². The van der Waals surface area contributed by atoms with Gasteiger partial charge in [-0.05, 0) is 0 Å². The Hall–Kier alpha value is 0.769. The van der Waals surface area contributed by atoms with E-state index in [1.165, 1.54) is 0 Å². The summed E-state index contributed by atoms with van der Waals surface area (Å²) in [4.78, 5) is 0. The predicted octanol–water partition coefficient (Wildman–Crippen LogP) is 0.183. The SMILES string of the molecule is O=S(=O)(O)O.[Cu].[F][Cu][F]. The van der Waals surface area contributed by atoms with Crippen molar-refractivity contribution in [1.82, 2.24) is 0 Å². The molecule has 0 saturated heterocycles. The van der Waals surface area contributed by atoms with E-state index in [1.807, 2.05) is 0 Å². The minimum absolute atomic E-state index is 0. The number of halogens is 2. The Kier molecular flexibility index (Phi) is 16.0. The number of rotatable bonds is 0. The molecule has 0 spiro atoms. The van der Waals surface area contributed by atoms with Crippen LogP contribution in [0.1, 0.15) is 0 Å². The zero-order valence-electron chi connectivity index (χ0n) is 3.48. The molecule has 2 N–H and O–H groups in total. The molecule has 0 unspecified atom stereocenters. The van der Waals surface area contributed by atoms with Gasteiger partial charge in [-0.15, -0.1) is 0 Å². The molecule has 0 amide bonds. The van der Waals surface area contributed by atoms with Crippen molar-refractivity contribution in [3.63, 3.8) is 0 Å². The summed E-state index contributed by atoms with van der Waals surface area (Å²) < 4.78 is 50.6. The molecular formula is H2Cu2F2O4S. The number of hydrogen-bond donors (Lipinski definition) is 2. The molecule has 0 rings (SSSR count). The van der Waals surface area contributed by atoms with Crippen molar-refractivity contribution < 1.29 is 57.6 Å². The van der Waals surface area contributed by atoms with Crippen LogP contribution in [0.15, 0.2) is 0 Å². The quantitative estimate of drug-likeness (QED) is 0.483. The van der Waals surface area contributed by atoms with Crippen LogP contribution in [-0.2, 0) is 43.3 Å². The molecule has 0 aromatic rings. The van der Waals surface area contributed by atoms with E-state index in [0.29, 0.717) is 0 Å². The Morgan fingerprint density at radius 3 is 1.22 bits per heavy atom. The van der Waals surface area contributed by atoms with Gasteiger partial charge in [-0.1, -0.05) is 0 Å². The van der Waals surface area contributed by atoms with Crippen molar-refractivity contribution in [3.05, 3.63) is 0 Å². The van der Waals surface area contributed by atoms with Gasteiger partial charge in [0.25, 0.3) is 0 Å². The van der Waals surface area contributed by atoms with Crippen LogP contribution in [-0.4, -0.2) is 17.5 Å². The van der Waals surface area contributed by atoms with Gasteiger partial charge in [0.1, 0.15) is 0 Å². The van der Waals surface area contributed by atoms with Crippen LogP contribution in [0, 0.1) is 0 Å². The van der Waals surface area contributed by atoms with Crippen LogP contribution in [0.3, 0.4) is 0 Å². The first-order chi connectivity index (χ1) is 3.41. The van der Waals surface area contributed by atoms with Gasteiger partial charge in [-0.25, -0.2) is 0 Å².